The highest BCUT2D eigenvalue weighted by atomic mass is 32.2. The molecule has 49 heavy (non-hydrogen) atoms. The van der Waals surface area contributed by atoms with Gasteiger partial charge in [0.05, 0.1) is 30.1 Å². The van der Waals surface area contributed by atoms with Crippen LogP contribution in [0.1, 0.15) is 101 Å². The van der Waals surface area contributed by atoms with E-state index in [2.05, 4.69) is 21.3 Å². The van der Waals surface area contributed by atoms with Gasteiger partial charge in [-0.2, -0.15) is 0 Å². The lowest BCUT2D eigenvalue weighted by Crippen LogP contribution is -2.53. The molecule has 272 valence electrons. The van der Waals surface area contributed by atoms with Gasteiger partial charge in [-0.1, -0.05) is 65.0 Å². The molecule has 0 saturated heterocycles. The molecule has 2 aromatic rings. The number of aliphatic hydroxyl groups is 1. The largest absolute Gasteiger partial charge is 0.391 e. The number of amides is 4. The summed E-state index contributed by atoms with van der Waals surface area (Å²) >= 11 is 0. The topological polar surface area (TPSA) is 174 Å². The first-order valence-corrected chi connectivity index (χ1v) is 18.6. The lowest BCUT2D eigenvalue weighted by Gasteiger charge is -2.29. The predicted molar refractivity (Wildman–Crippen MR) is 193 cm³/mol. The third-order valence-electron chi connectivity index (χ3n) is 8.18. The highest BCUT2D eigenvalue weighted by Gasteiger charge is 2.31. The second-order valence-electron chi connectivity index (χ2n) is 13.9. The molecule has 0 fully saturated rings. The van der Waals surface area contributed by atoms with E-state index in [4.69, 9.17) is 0 Å². The van der Waals surface area contributed by atoms with Gasteiger partial charge in [0, 0.05) is 30.1 Å². The van der Waals surface area contributed by atoms with Crippen molar-refractivity contribution >= 4 is 39.3 Å². The van der Waals surface area contributed by atoms with E-state index in [-0.39, 0.29) is 53.1 Å². The molecule has 2 rings (SSSR count). The summed E-state index contributed by atoms with van der Waals surface area (Å²) in [6.45, 7) is 14.7. The average Bonchev–Trinajstić information content (AvgIpc) is 3.01. The Morgan fingerprint density at radius 2 is 1.31 bits per heavy atom. The number of carbonyl (C=O) groups is 4. The molecule has 0 saturated carbocycles. The van der Waals surface area contributed by atoms with E-state index in [0.717, 1.165) is 16.1 Å². The van der Waals surface area contributed by atoms with Crippen LogP contribution in [0.2, 0.25) is 0 Å². The molecule has 0 bridgehead atoms. The van der Waals surface area contributed by atoms with E-state index in [1.54, 1.807) is 6.92 Å². The van der Waals surface area contributed by atoms with Crippen LogP contribution in [0.4, 0.5) is 5.69 Å². The van der Waals surface area contributed by atoms with Crippen LogP contribution in [0.3, 0.4) is 0 Å². The smallest absolute Gasteiger partial charge is 0.251 e. The van der Waals surface area contributed by atoms with Crippen LogP contribution in [-0.2, 0) is 19.6 Å². The summed E-state index contributed by atoms with van der Waals surface area (Å²) in [5.74, 6) is -2.62. The van der Waals surface area contributed by atoms with Gasteiger partial charge >= 0.3 is 0 Å². The summed E-state index contributed by atoms with van der Waals surface area (Å²) in [7, 11) is -2.41. The van der Waals surface area contributed by atoms with Gasteiger partial charge in [0.25, 0.3) is 11.8 Å². The zero-order valence-corrected chi connectivity index (χ0v) is 31.2. The molecule has 13 heteroatoms. The molecule has 0 radical (unpaired) electrons. The van der Waals surface area contributed by atoms with Crippen molar-refractivity contribution in [2.45, 2.75) is 98.5 Å². The second kappa shape index (κ2) is 18.1. The Balaban J connectivity index is 2.33. The molecule has 2 aromatic carbocycles. The Bertz CT molecular complexity index is 1550. The van der Waals surface area contributed by atoms with Crippen LogP contribution >= 0.6 is 0 Å². The third kappa shape index (κ3) is 12.8. The first kappa shape index (κ1) is 41.2. The number of hydrogen-bond donors (Lipinski definition) is 5. The fourth-order valence-electron chi connectivity index (χ4n) is 5.26. The quantitative estimate of drug-likeness (QED) is 0.167. The van der Waals surface area contributed by atoms with E-state index >= 15 is 0 Å². The van der Waals surface area contributed by atoms with Crippen LogP contribution in [0.5, 0.6) is 0 Å². The maximum absolute atomic E-state index is 13.7. The van der Waals surface area contributed by atoms with Crippen molar-refractivity contribution in [3.8, 4) is 0 Å². The first-order chi connectivity index (χ1) is 22.7. The molecule has 4 amide bonds. The summed E-state index contributed by atoms with van der Waals surface area (Å²) in [6, 6.07) is 11.5. The van der Waals surface area contributed by atoms with E-state index < -0.39 is 51.9 Å². The molecular weight excluding hydrogens is 646 g/mol. The van der Waals surface area contributed by atoms with Crippen LogP contribution in [-0.4, -0.2) is 74.7 Å². The van der Waals surface area contributed by atoms with Gasteiger partial charge in [0.2, 0.25) is 21.8 Å². The molecule has 0 aliphatic carbocycles. The van der Waals surface area contributed by atoms with E-state index in [0.29, 0.717) is 6.42 Å². The Labute approximate surface area is 291 Å². The summed E-state index contributed by atoms with van der Waals surface area (Å²) in [6.07, 6.45) is 0.258. The Hall–Kier alpha value is -3.97. The van der Waals surface area contributed by atoms with E-state index in [1.807, 2.05) is 78.8 Å². The average molecular weight is 702 g/mol. The highest BCUT2D eigenvalue weighted by molar-refractivity contribution is 7.92. The Morgan fingerprint density at radius 3 is 1.80 bits per heavy atom. The maximum atomic E-state index is 13.7. The zero-order chi connectivity index (χ0) is 37.2. The molecule has 0 unspecified atom stereocenters. The van der Waals surface area contributed by atoms with Crippen LogP contribution in [0, 0.1) is 17.8 Å². The lowest BCUT2D eigenvalue weighted by atomic mass is 9.91. The normalized spacial score (nSPS) is 14.8. The second-order valence-corrected chi connectivity index (χ2v) is 15.9. The van der Waals surface area contributed by atoms with Gasteiger partial charge in [0.1, 0.15) is 6.04 Å². The molecule has 5 atom stereocenters. The Morgan fingerprint density at radius 1 is 0.755 bits per heavy atom. The van der Waals surface area contributed by atoms with Crippen molar-refractivity contribution in [2.75, 3.05) is 17.6 Å². The summed E-state index contributed by atoms with van der Waals surface area (Å²) < 4.78 is 25.8. The molecule has 0 aromatic heterocycles. The number of rotatable bonds is 17. The van der Waals surface area contributed by atoms with Crippen molar-refractivity contribution in [3.63, 3.8) is 0 Å². The van der Waals surface area contributed by atoms with Crippen molar-refractivity contribution in [3.05, 3.63) is 65.2 Å². The zero-order valence-electron chi connectivity index (χ0n) is 30.4. The highest BCUT2D eigenvalue weighted by Crippen LogP contribution is 2.23. The molecule has 5 N–H and O–H groups in total. The summed E-state index contributed by atoms with van der Waals surface area (Å²) in [5.41, 5.74) is 1.08. The predicted octanol–water partition coefficient (Wildman–Crippen LogP) is 3.77. The SMILES string of the molecule is CC(C)C[C@H](NC(=O)c1cc(C(=O)N[C@H](C)c2ccccc2)cc(N(C)S(C)(=O)=O)c1)[C@@H](O)C[C@@H](C)C(=O)N[C@H](C(=O)NC(C)C)C(C)C. The van der Waals surface area contributed by atoms with Gasteiger partial charge in [-0.3, -0.25) is 23.5 Å². The van der Waals surface area contributed by atoms with Gasteiger partial charge in [-0.15, -0.1) is 0 Å². The first-order valence-electron chi connectivity index (χ1n) is 16.8. The van der Waals surface area contributed by atoms with Gasteiger partial charge in [-0.05, 0) is 69.2 Å². The van der Waals surface area contributed by atoms with E-state index in [1.165, 1.54) is 25.2 Å². The molecule has 0 spiro atoms. The number of hydrogen-bond acceptors (Lipinski definition) is 7. The van der Waals surface area contributed by atoms with Crippen LogP contribution in [0.25, 0.3) is 0 Å². The lowest BCUT2D eigenvalue weighted by molar-refractivity contribution is -0.132. The Kier molecular flexibility index (Phi) is 15.3. The minimum atomic E-state index is -3.74. The number of carbonyl (C=O) groups excluding carboxylic acids is 4. The number of nitrogens with zero attached hydrogens (tertiary/aromatic N) is 1. The standard InChI is InChI=1S/C36H55N5O7S/c1-21(2)16-30(31(42)17-24(7)33(43)40-32(22(3)4)36(46)37-23(5)6)39-35(45)28-18-27(19-29(20-28)41(9)49(10,47)48)34(44)38-25(8)26-14-12-11-13-15-26/h11-15,18-25,30-32,42H,16-17H2,1-10H3,(H,37,46)(H,38,44)(H,39,45)(H,40,43)/t24-,25-,30+,31+,32+/m1/s1. The number of benzene rings is 2. The van der Waals surface area contributed by atoms with E-state index in [9.17, 15) is 32.7 Å². The minimum absolute atomic E-state index is 0.00199. The molecule has 0 aliphatic heterocycles. The van der Waals surface area contributed by atoms with Gasteiger partial charge in [-0.25, -0.2) is 8.42 Å². The fourth-order valence-corrected chi connectivity index (χ4v) is 5.75. The minimum Gasteiger partial charge on any atom is -0.391 e. The third-order valence-corrected chi connectivity index (χ3v) is 9.38. The summed E-state index contributed by atoms with van der Waals surface area (Å²) in [5, 5.41) is 22.7. The molecular formula is C36H55N5O7S. The van der Waals surface area contributed by atoms with Gasteiger partial charge in [0.15, 0.2) is 0 Å². The number of nitrogens with one attached hydrogen (secondary N) is 4. The number of sulfonamides is 1. The van der Waals surface area contributed by atoms with Crippen LogP contribution < -0.4 is 25.6 Å². The maximum Gasteiger partial charge on any atom is 0.251 e. The van der Waals surface area contributed by atoms with Crippen LogP contribution in [0.15, 0.2) is 48.5 Å². The monoisotopic (exact) mass is 701 g/mol. The fraction of sp³-hybridized carbons (Fsp3) is 0.556. The van der Waals surface area contributed by atoms with Gasteiger partial charge < -0.3 is 26.4 Å². The number of anilines is 1. The van der Waals surface area contributed by atoms with Crippen molar-refractivity contribution < 1.29 is 32.7 Å². The summed E-state index contributed by atoms with van der Waals surface area (Å²) in [4.78, 5) is 53.0. The van der Waals surface area contributed by atoms with Crippen molar-refractivity contribution in [1.82, 2.24) is 21.3 Å². The molecule has 12 nitrogen and oxygen atoms in total. The van der Waals surface area contributed by atoms with Crippen molar-refractivity contribution in [1.29, 1.82) is 0 Å². The molecule has 0 aliphatic rings. The number of aliphatic hydroxyl groups excluding tert-OH is 1. The van der Waals surface area contributed by atoms with Crippen molar-refractivity contribution in [2.24, 2.45) is 17.8 Å². The molecule has 0 heterocycles.